The summed E-state index contributed by atoms with van der Waals surface area (Å²) >= 11 is 1.49. The number of hydrazone groups is 1. The molecule has 3 heterocycles. The molecule has 1 atom stereocenters. The predicted molar refractivity (Wildman–Crippen MR) is 106 cm³/mol. The van der Waals surface area contributed by atoms with Gasteiger partial charge >= 0.3 is 0 Å². The van der Waals surface area contributed by atoms with E-state index in [0.717, 1.165) is 32.1 Å². The van der Waals surface area contributed by atoms with Crippen molar-refractivity contribution in [3.63, 3.8) is 0 Å². The fraction of sp³-hybridized carbons (Fsp3) is 0.250. The lowest BCUT2D eigenvalue weighted by Gasteiger charge is -2.21. The van der Waals surface area contributed by atoms with E-state index in [2.05, 4.69) is 10.1 Å². The average molecular weight is 381 g/mol. The standard InChI is InChI=1S/C20H19N3O3S/c1-3-19(25)23-16(12-4-7-14(26-2)8-5-12)11-15(22-23)17-10-13-6-9-18(24)21-20(13)27-17/h4-10,16H,3,11H2,1-2H3,(H,21,24). The van der Waals surface area contributed by atoms with Crippen LogP contribution in [0.1, 0.15) is 36.2 Å². The molecular weight excluding hydrogens is 362 g/mol. The Morgan fingerprint density at radius 3 is 2.78 bits per heavy atom. The molecule has 0 spiro atoms. The highest BCUT2D eigenvalue weighted by atomic mass is 32.1. The first kappa shape index (κ1) is 17.5. The summed E-state index contributed by atoms with van der Waals surface area (Å²) in [7, 11) is 1.63. The van der Waals surface area contributed by atoms with Crippen LogP contribution in [0.25, 0.3) is 10.2 Å². The van der Waals surface area contributed by atoms with Gasteiger partial charge in [0.2, 0.25) is 11.5 Å². The number of pyridine rings is 1. The molecule has 1 unspecified atom stereocenters. The maximum atomic E-state index is 12.5. The molecule has 1 aliphatic heterocycles. The highest BCUT2D eigenvalue weighted by molar-refractivity contribution is 7.20. The van der Waals surface area contributed by atoms with Crippen molar-refractivity contribution in [2.24, 2.45) is 5.10 Å². The van der Waals surface area contributed by atoms with Crippen LogP contribution < -0.4 is 10.3 Å². The monoisotopic (exact) mass is 381 g/mol. The summed E-state index contributed by atoms with van der Waals surface area (Å²) in [5, 5.41) is 7.19. The van der Waals surface area contributed by atoms with Gasteiger partial charge in [0.15, 0.2) is 0 Å². The molecule has 0 saturated carbocycles. The Hall–Kier alpha value is -2.93. The van der Waals surface area contributed by atoms with Gasteiger partial charge in [0.05, 0.1) is 23.7 Å². The average Bonchev–Trinajstić information content (AvgIpc) is 3.31. The van der Waals surface area contributed by atoms with Crippen molar-refractivity contribution in [2.75, 3.05) is 7.11 Å². The van der Waals surface area contributed by atoms with Gasteiger partial charge in [-0.1, -0.05) is 19.1 Å². The number of fused-ring (bicyclic) bond motifs is 1. The smallest absolute Gasteiger partial charge is 0.249 e. The summed E-state index contributed by atoms with van der Waals surface area (Å²) < 4.78 is 5.22. The molecule has 0 aliphatic carbocycles. The molecule has 0 radical (unpaired) electrons. The quantitative estimate of drug-likeness (QED) is 0.749. The number of ether oxygens (including phenoxy) is 1. The number of amides is 1. The van der Waals surface area contributed by atoms with Gasteiger partial charge in [-0.05, 0) is 29.8 Å². The second-order valence-corrected chi connectivity index (χ2v) is 7.40. The molecule has 27 heavy (non-hydrogen) atoms. The molecule has 1 N–H and O–H groups in total. The number of nitrogens with zero attached hydrogens (tertiary/aromatic N) is 2. The van der Waals surface area contributed by atoms with E-state index >= 15 is 0 Å². The first-order chi connectivity index (χ1) is 13.1. The molecular formula is C20H19N3O3S. The van der Waals surface area contributed by atoms with Crippen molar-refractivity contribution in [3.05, 3.63) is 63.3 Å². The summed E-state index contributed by atoms with van der Waals surface area (Å²) in [5.74, 6) is 0.764. The Morgan fingerprint density at radius 2 is 2.07 bits per heavy atom. The maximum Gasteiger partial charge on any atom is 0.249 e. The molecule has 3 aromatic rings. The predicted octanol–water partition coefficient (Wildman–Crippen LogP) is 3.69. The summed E-state index contributed by atoms with van der Waals surface area (Å²) in [6, 6.07) is 12.9. The number of rotatable bonds is 4. The number of hydrogen-bond acceptors (Lipinski definition) is 5. The van der Waals surface area contributed by atoms with E-state index in [1.807, 2.05) is 37.3 Å². The molecule has 2 aromatic heterocycles. The number of benzene rings is 1. The normalized spacial score (nSPS) is 16.6. The molecule has 1 amide bonds. The van der Waals surface area contributed by atoms with Crippen molar-refractivity contribution in [2.45, 2.75) is 25.8 Å². The minimum atomic E-state index is -0.136. The van der Waals surface area contributed by atoms with Crippen LogP contribution in [0.5, 0.6) is 5.75 Å². The zero-order chi connectivity index (χ0) is 19.0. The molecule has 4 rings (SSSR count). The number of carbonyl (C=O) groups excluding carboxylic acids is 1. The van der Waals surface area contributed by atoms with Gasteiger partial charge in [-0.3, -0.25) is 9.59 Å². The molecule has 1 aliphatic rings. The van der Waals surface area contributed by atoms with Crippen LogP contribution in [0.4, 0.5) is 0 Å². The molecule has 7 heteroatoms. The lowest BCUT2D eigenvalue weighted by atomic mass is 10.0. The Labute approximate surface area is 160 Å². The van der Waals surface area contributed by atoms with Crippen LogP contribution in [-0.4, -0.2) is 28.7 Å². The van der Waals surface area contributed by atoms with Gasteiger partial charge in [0.25, 0.3) is 0 Å². The number of methoxy groups -OCH3 is 1. The van der Waals surface area contributed by atoms with E-state index in [1.165, 1.54) is 17.4 Å². The lowest BCUT2D eigenvalue weighted by molar-refractivity contribution is -0.132. The third-order valence-corrected chi connectivity index (χ3v) is 5.78. The van der Waals surface area contributed by atoms with Crippen LogP contribution in [0.2, 0.25) is 0 Å². The Bertz CT molecular complexity index is 1080. The highest BCUT2D eigenvalue weighted by Crippen LogP contribution is 2.36. The Morgan fingerprint density at radius 1 is 1.30 bits per heavy atom. The van der Waals surface area contributed by atoms with E-state index in [9.17, 15) is 9.59 Å². The van der Waals surface area contributed by atoms with E-state index in [-0.39, 0.29) is 17.5 Å². The van der Waals surface area contributed by atoms with Crippen LogP contribution >= 0.6 is 11.3 Å². The number of H-pyrrole nitrogens is 1. The number of nitrogens with one attached hydrogen (secondary N) is 1. The van der Waals surface area contributed by atoms with E-state index in [0.29, 0.717) is 12.8 Å². The molecule has 1 aromatic carbocycles. The first-order valence-corrected chi connectivity index (χ1v) is 9.57. The fourth-order valence-corrected chi connectivity index (χ4v) is 4.27. The van der Waals surface area contributed by atoms with Crippen molar-refractivity contribution in [1.29, 1.82) is 0 Å². The number of carbonyl (C=O) groups is 1. The number of hydrogen-bond donors (Lipinski definition) is 1. The fourth-order valence-electron chi connectivity index (χ4n) is 3.22. The maximum absolute atomic E-state index is 12.5. The van der Waals surface area contributed by atoms with Crippen LogP contribution in [0.15, 0.2) is 52.4 Å². The molecule has 0 fully saturated rings. The van der Waals surface area contributed by atoms with E-state index in [1.54, 1.807) is 18.2 Å². The Kier molecular flexibility index (Phi) is 4.53. The third-order valence-electron chi connectivity index (χ3n) is 4.67. The topological polar surface area (TPSA) is 74.8 Å². The lowest BCUT2D eigenvalue weighted by Crippen LogP contribution is -2.26. The Balaban J connectivity index is 1.70. The van der Waals surface area contributed by atoms with Crippen LogP contribution in [0.3, 0.4) is 0 Å². The SMILES string of the molecule is CCC(=O)N1N=C(c2cc3ccc(=O)[nH]c3s2)CC1c1ccc(OC)cc1. The van der Waals surface area contributed by atoms with Gasteiger partial charge in [-0.25, -0.2) is 5.01 Å². The van der Waals surface area contributed by atoms with E-state index < -0.39 is 0 Å². The van der Waals surface area contributed by atoms with Gasteiger partial charge in [-0.2, -0.15) is 5.10 Å². The van der Waals surface area contributed by atoms with Gasteiger partial charge < -0.3 is 9.72 Å². The van der Waals surface area contributed by atoms with Crippen LogP contribution in [0, 0.1) is 0 Å². The summed E-state index contributed by atoms with van der Waals surface area (Å²) in [6.45, 7) is 1.84. The van der Waals surface area contributed by atoms with Crippen molar-refractivity contribution < 1.29 is 9.53 Å². The number of aromatic nitrogens is 1. The first-order valence-electron chi connectivity index (χ1n) is 8.75. The van der Waals surface area contributed by atoms with Crippen molar-refractivity contribution >= 4 is 33.2 Å². The summed E-state index contributed by atoms with van der Waals surface area (Å²) in [5.41, 5.74) is 1.76. The van der Waals surface area contributed by atoms with Crippen LogP contribution in [-0.2, 0) is 4.79 Å². The highest BCUT2D eigenvalue weighted by Gasteiger charge is 2.33. The number of aromatic amines is 1. The number of thiophene rings is 1. The molecule has 6 nitrogen and oxygen atoms in total. The molecule has 138 valence electrons. The van der Waals surface area contributed by atoms with Crippen molar-refractivity contribution in [1.82, 2.24) is 9.99 Å². The minimum Gasteiger partial charge on any atom is -0.497 e. The summed E-state index contributed by atoms with van der Waals surface area (Å²) in [6.07, 6.45) is 1.03. The second kappa shape index (κ2) is 7.00. The third kappa shape index (κ3) is 3.26. The zero-order valence-corrected chi connectivity index (χ0v) is 15.9. The van der Waals surface area contributed by atoms with Crippen molar-refractivity contribution in [3.8, 4) is 5.75 Å². The molecule has 0 bridgehead atoms. The van der Waals surface area contributed by atoms with Gasteiger partial charge in [0.1, 0.15) is 10.6 Å². The summed E-state index contributed by atoms with van der Waals surface area (Å²) in [4.78, 5) is 28.6. The molecule has 0 saturated heterocycles. The largest absolute Gasteiger partial charge is 0.497 e. The zero-order valence-electron chi connectivity index (χ0n) is 15.1. The van der Waals surface area contributed by atoms with Gasteiger partial charge in [0, 0.05) is 24.3 Å². The van der Waals surface area contributed by atoms with Gasteiger partial charge in [-0.15, -0.1) is 11.3 Å². The van der Waals surface area contributed by atoms with E-state index in [4.69, 9.17) is 4.74 Å². The second-order valence-electron chi connectivity index (χ2n) is 6.35. The minimum absolute atomic E-state index is 0.0136.